The zero-order valence-electron chi connectivity index (χ0n) is 44.8. The lowest BCUT2D eigenvalue weighted by molar-refractivity contribution is -0.380. The van der Waals surface area contributed by atoms with Gasteiger partial charge in [-0.05, 0) is 88.4 Å². The van der Waals surface area contributed by atoms with Crippen LogP contribution in [0, 0.1) is 23.7 Å². The van der Waals surface area contributed by atoms with E-state index in [0.717, 1.165) is 6.08 Å². The number of allylic oxidation sites excluding steroid dienone is 2. The summed E-state index contributed by atoms with van der Waals surface area (Å²) in [6, 6.07) is 0. The van der Waals surface area contributed by atoms with Crippen LogP contribution in [0.15, 0.2) is 24.3 Å². The molecule has 30 unspecified atom stereocenters. The quantitative estimate of drug-likeness (QED) is 0.0452. The van der Waals surface area contributed by atoms with Crippen LogP contribution in [0.5, 0.6) is 0 Å². The lowest BCUT2D eigenvalue weighted by atomic mass is 9.72. The van der Waals surface area contributed by atoms with Gasteiger partial charge in [0.2, 0.25) is 0 Å². The van der Waals surface area contributed by atoms with E-state index in [-0.39, 0.29) is 43.9 Å². The molecule has 8 aliphatic rings. The van der Waals surface area contributed by atoms with E-state index in [1.807, 2.05) is 0 Å². The van der Waals surface area contributed by atoms with Gasteiger partial charge in [0.25, 0.3) is 0 Å². The Morgan fingerprint density at radius 3 is 1.55 bits per heavy atom. The second-order valence-electron chi connectivity index (χ2n) is 22.9. The molecule has 27 nitrogen and oxygen atoms in total. The van der Waals surface area contributed by atoms with Crippen LogP contribution in [-0.4, -0.2) is 277 Å². The minimum Gasteiger partial charge on any atom is -0.460 e. The first-order valence-electron chi connectivity index (χ1n) is 28.0. The predicted octanol–water partition coefficient (Wildman–Crippen LogP) is -4.80. The fourth-order valence-electron chi connectivity index (χ4n) is 12.7. The van der Waals surface area contributed by atoms with Gasteiger partial charge >= 0.3 is 11.9 Å². The average molecular weight is 1150 g/mol. The number of aliphatic hydroxyl groups excluding tert-OH is 14. The van der Waals surface area contributed by atoms with Crippen LogP contribution < -0.4 is 0 Å². The van der Waals surface area contributed by atoms with E-state index < -0.39 is 203 Å². The standard InChI is InChI=1S/C53H84O27/c1-70-33-14-23(4-9-28(33)57)6-12-40(61)73-21-38-43(64)45(66)48(69)52(79-38)80-50-46(67)41(62)36(19-54)77-53(50)76-35-18-26-31(74-49(35)24-7-10-29(58)34(15-24)71-2)16-25(55)17-32(26)75-51-47(68)44(65)42(63)37(78-51)20-72-39(60)11-5-22-3-8-27(56)30(59)13-22/h5-6,11-12,22-38,41-59,62-69H,3-4,7-10,13-21H2,1-2H3. The number of carbonyl (C=O) groups excluding carboxylic acids is 2. The Balaban J connectivity index is 0.981. The number of methoxy groups -OCH3 is 2. The number of hydrogen-bond donors (Lipinski definition) is 14. The summed E-state index contributed by atoms with van der Waals surface area (Å²) < 4.78 is 65.6. The molecule has 4 saturated carbocycles. The molecule has 8 fully saturated rings. The van der Waals surface area contributed by atoms with Gasteiger partial charge in [0.1, 0.15) is 86.5 Å². The molecule has 0 bridgehead atoms. The molecular weight excluding hydrogens is 1070 g/mol. The van der Waals surface area contributed by atoms with Gasteiger partial charge in [0, 0.05) is 38.7 Å². The highest BCUT2D eigenvalue weighted by molar-refractivity contribution is 5.82. The van der Waals surface area contributed by atoms with Crippen molar-refractivity contribution in [1.82, 2.24) is 0 Å². The molecule has 0 aromatic rings. The molecule has 458 valence electrons. The molecule has 8 rings (SSSR count). The van der Waals surface area contributed by atoms with Crippen molar-refractivity contribution in [2.75, 3.05) is 34.0 Å². The maximum atomic E-state index is 12.9. The Morgan fingerprint density at radius 2 is 0.975 bits per heavy atom. The summed E-state index contributed by atoms with van der Waals surface area (Å²) in [5.41, 5.74) is 0. The SMILES string of the molecule is COC1CC(C=CC(=O)OCC2OC(OC3C(OC4CC5C(OC6OC(COC(=O)C=CC7CCC(O)C(O)C7)C(O)C(O)C6O)CC(O)CC5OC4C4CCC(O)C(OC)C4)OC(CO)C(O)C3O)C(O)C(O)C2O)CCC1O. The highest BCUT2D eigenvalue weighted by Gasteiger charge is 2.56. The third kappa shape index (κ3) is 15.1. The van der Waals surface area contributed by atoms with E-state index in [0.29, 0.717) is 44.9 Å². The Kier molecular flexibility index (Phi) is 22.7. The number of rotatable bonds is 18. The van der Waals surface area contributed by atoms with Crippen LogP contribution in [0.1, 0.15) is 77.0 Å². The minimum atomic E-state index is -2.01. The van der Waals surface area contributed by atoms with Crippen molar-refractivity contribution in [3.8, 4) is 0 Å². The van der Waals surface area contributed by atoms with Crippen molar-refractivity contribution in [2.24, 2.45) is 23.7 Å². The summed E-state index contributed by atoms with van der Waals surface area (Å²) in [5.74, 6) is -3.06. The van der Waals surface area contributed by atoms with Crippen LogP contribution in [0.2, 0.25) is 0 Å². The third-order valence-electron chi connectivity index (χ3n) is 17.5. The highest BCUT2D eigenvalue weighted by Crippen LogP contribution is 2.46. The molecular formula is C53H84O27. The maximum Gasteiger partial charge on any atom is 0.330 e. The first kappa shape index (κ1) is 63.5. The molecule has 30 atom stereocenters. The van der Waals surface area contributed by atoms with Gasteiger partial charge in [-0.25, -0.2) is 9.59 Å². The van der Waals surface area contributed by atoms with Gasteiger partial charge in [0.05, 0.1) is 73.8 Å². The van der Waals surface area contributed by atoms with Crippen LogP contribution in [0.25, 0.3) is 0 Å². The summed E-state index contributed by atoms with van der Waals surface area (Å²) in [5, 5.41) is 152. The van der Waals surface area contributed by atoms with Crippen LogP contribution in [0.4, 0.5) is 0 Å². The summed E-state index contributed by atoms with van der Waals surface area (Å²) >= 11 is 0. The smallest absolute Gasteiger partial charge is 0.330 e. The first-order chi connectivity index (χ1) is 38.2. The van der Waals surface area contributed by atoms with Crippen molar-refractivity contribution >= 4 is 11.9 Å². The fourth-order valence-corrected chi connectivity index (χ4v) is 12.7. The maximum absolute atomic E-state index is 12.9. The zero-order valence-corrected chi connectivity index (χ0v) is 44.8. The summed E-state index contributed by atoms with van der Waals surface area (Å²) in [7, 11) is 2.94. The van der Waals surface area contributed by atoms with Crippen molar-refractivity contribution in [3.63, 3.8) is 0 Å². The molecule has 4 heterocycles. The lowest BCUT2D eigenvalue weighted by Gasteiger charge is -2.53. The minimum absolute atomic E-state index is 0.0157. The highest BCUT2D eigenvalue weighted by atomic mass is 16.8. The molecule has 14 N–H and O–H groups in total. The molecule has 4 saturated heterocycles. The first-order valence-corrected chi connectivity index (χ1v) is 28.0. The van der Waals surface area contributed by atoms with E-state index in [1.54, 1.807) is 12.2 Å². The van der Waals surface area contributed by atoms with Crippen LogP contribution >= 0.6 is 0 Å². The largest absolute Gasteiger partial charge is 0.460 e. The number of carbonyl (C=O) groups is 2. The summed E-state index contributed by atoms with van der Waals surface area (Å²) in [6.45, 7) is -2.06. The molecule has 0 radical (unpaired) electrons. The molecule has 0 amide bonds. The van der Waals surface area contributed by atoms with Gasteiger partial charge in [-0.3, -0.25) is 0 Å². The zero-order chi connectivity index (χ0) is 57.7. The second-order valence-corrected chi connectivity index (χ2v) is 22.9. The molecule has 27 heteroatoms. The van der Waals surface area contributed by atoms with Crippen LogP contribution in [-0.2, 0) is 61.7 Å². The van der Waals surface area contributed by atoms with Crippen LogP contribution in [0.3, 0.4) is 0 Å². The van der Waals surface area contributed by atoms with E-state index in [9.17, 15) is 81.1 Å². The molecule has 80 heavy (non-hydrogen) atoms. The van der Waals surface area contributed by atoms with E-state index in [1.165, 1.54) is 20.3 Å². The Bertz CT molecular complexity index is 2020. The monoisotopic (exact) mass is 1150 g/mol. The van der Waals surface area contributed by atoms with Gasteiger partial charge in [-0.2, -0.15) is 0 Å². The summed E-state index contributed by atoms with van der Waals surface area (Å²) in [6.07, 6.45) is -26.5. The number of aliphatic hydroxyl groups is 14. The van der Waals surface area contributed by atoms with E-state index >= 15 is 0 Å². The number of hydrogen-bond acceptors (Lipinski definition) is 27. The lowest BCUT2D eigenvalue weighted by Crippen LogP contribution is -2.66. The summed E-state index contributed by atoms with van der Waals surface area (Å²) in [4.78, 5) is 25.6. The number of esters is 2. The van der Waals surface area contributed by atoms with Gasteiger partial charge in [-0.1, -0.05) is 12.2 Å². The number of ether oxygens (including phenoxy) is 11. The molecule has 4 aliphatic heterocycles. The normalized spacial score (nSPS) is 48.6. The van der Waals surface area contributed by atoms with E-state index in [2.05, 4.69) is 0 Å². The average Bonchev–Trinajstić information content (AvgIpc) is 3.44. The molecule has 0 aromatic heterocycles. The molecule has 0 spiro atoms. The van der Waals surface area contributed by atoms with Crippen molar-refractivity contribution in [2.45, 2.75) is 236 Å². The fraction of sp³-hybridized carbons (Fsp3) is 0.887. The van der Waals surface area contributed by atoms with Crippen molar-refractivity contribution in [1.29, 1.82) is 0 Å². The van der Waals surface area contributed by atoms with E-state index in [4.69, 9.17) is 52.1 Å². The second kappa shape index (κ2) is 28.6. The van der Waals surface area contributed by atoms with Gasteiger partial charge in [0.15, 0.2) is 18.9 Å². The Hall–Kier alpha value is -2.50. The topological polar surface area (TPSA) is 419 Å². The van der Waals surface area contributed by atoms with Gasteiger partial charge in [-0.15, -0.1) is 0 Å². The van der Waals surface area contributed by atoms with Crippen molar-refractivity contribution < 1.29 is 133 Å². The predicted molar refractivity (Wildman–Crippen MR) is 266 cm³/mol. The number of fused-ring (bicyclic) bond motifs is 1. The Morgan fingerprint density at radius 1 is 0.463 bits per heavy atom. The molecule has 0 aromatic carbocycles. The van der Waals surface area contributed by atoms with Gasteiger partial charge < -0.3 is 124 Å². The van der Waals surface area contributed by atoms with Crippen molar-refractivity contribution in [3.05, 3.63) is 24.3 Å². The Labute approximate surface area is 462 Å². The molecule has 4 aliphatic carbocycles. The third-order valence-corrected chi connectivity index (χ3v) is 17.5.